The summed E-state index contributed by atoms with van der Waals surface area (Å²) in [6, 6.07) is 13.6. The molecule has 0 aliphatic carbocycles. The molecule has 0 saturated heterocycles. The van der Waals surface area contributed by atoms with E-state index in [2.05, 4.69) is 21.2 Å². The Morgan fingerprint density at radius 2 is 1.71 bits per heavy atom. The predicted molar refractivity (Wildman–Crippen MR) is 98.6 cm³/mol. The summed E-state index contributed by atoms with van der Waals surface area (Å²) in [5, 5.41) is 2.75. The van der Waals surface area contributed by atoms with Gasteiger partial charge in [0.15, 0.2) is 0 Å². The zero-order valence-electron chi connectivity index (χ0n) is 13.5. The van der Waals surface area contributed by atoms with Crippen molar-refractivity contribution in [3.05, 3.63) is 58.6 Å². The number of hydrogen-bond acceptors (Lipinski definition) is 3. The molecule has 0 fully saturated rings. The Hall–Kier alpha value is -1.70. The van der Waals surface area contributed by atoms with Crippen molar-refractivity contribution in [2.24, 2.45) is 0 Å². The molecule has 0 aliphatic rings. The normalized spacial score (nSPS) is 11.5. The monoisotopic (exact) mass is 410 g/mol. The molecule has 0 aliphatic heterocycles. The summed E-state index contributed by atoms with van der Waals surface area (Å²) in [6.07, 6.45) is 0. The number of rotatable bonds is 6. The van der Waals surface area contributed by atoms with E-state index in [0.29, 0.717) is 23.2 Å². The van der Waals surface area contributed by atoms with Crippen LogP contribution in [0.3, 0.4) is 0 Å². The van der Waals surface area contributed by atoms with Gasteiger partial charge in [-0.05, 0) is 46.3 Å². The van der Waals surface area contributed by atoms with Gasteiger partial charge >= 0.3 is 0 Å². The molecule has 0 radical (unpaired) electrons. The van der Waals surface area contributed by atoms with Gasteiger partial charge < -0.3 is 5.32 Å². The highest BCUT2D eigenvalue weighted by atomic mass is 79.9. The molecule has 1 N–H and O–H groups in total. The number of amides is 1. The van der Waals surface area contributed by atoms with Crippen LogP contribution in [0.1, 0.15) is 24.2 Å². The van der Waals surface area contributed by atoms with Gasteiger partial charge in [0.25, 0.3) is 5.91 Å². The Labute approximate surface area is 150 Å². The van der Waals surface area contributed by atoms with Gasteiger partial charge in [0, 0.05) is 28.8 Å². The van der Waals surface area contributed by atoms with Crippen LogP contribution in [-0.4, -0.2) is 31.7 Å². The SMILES string of the molecule is CCN(CC)S(=O)(=O)c1cc(C(=O)Nc2ccccc2)ccc1Br. The molecule has 0 spiro atoms. The van der Waals surface area contributed by atoms with Crippen molar-refractivity contribution in [1.29, 1.82) is 0 Å². The molecule has 1 amide bonds. The molecule has 2 aromatic carbocycles. The summed E-state index contributed by atoms with van der Waals surface area (Å²) < 4.78 is 27.2. The van der Waals surface area contributed by atoms with Gasteiger partial charge in [0.05, 0.1) is 4.90 Å². The van der Waals surface area contributed by atoms with E-state index in [4.69, 9.17) is 0 Å². The van der Waals surface area contributed by atoms with Gasteiger partial charge in [-0.2, -0.15) is 4.31 Å². The quantitative estimate of drug-likeness (QED) is 0.788. The van der Waals surface area contributed by atoms with Crippen LogP contribution < -0.4 is 5.32 Å². The molecule has 24 heavy (non-hydrogen) atoms. The Morgan fingerprint density at radius 1 is 1.08 bits per heavy atom. The van der Waals surface area contributed by atoms with E-state index in [1.54, 1.807) is 38.1 Å². The zero-order valence-corrected chi connectivity index (χ0v) is 15.9. The van der Waals surface area contributed by atoms with Crippen LogP contribution in [0.5, 0.6) is 0 Å². The molecule has 0 aromatic heterocycles. The van der Waals surface area contributed by atoms with Gasteiger partial charge in [0.1, 0.15) is 0 Å². The molecule has 0 saturated carbocycles. The molecule has 2 aromatic rings. The van der Waals surface area contributed by atoms with Gasteiger partial charge in [-0.15, -0.1) is 0 Å². The molecule has 0 atom stereocenters. The Balaban J connectivity index is 2.36. The average molecular weight is 411 g/mol. The van der Waals surface area contributed by atoms with Crippen molar-refractivity contribution in [2.75, 3.05) is 18.4 Å². The second kappa shape index (κ2) is 7.92. The Kier molecular flexibility index (Phi) is 6.15. The van der Waals surface area contributed by atoms with E-state index < -0.39 is 10.0 Å². The van der Waals surface area contributed by atoms with Crippen molar-refractivity contribution in [1.82, 2.24) is 4.31 Å². The largest absolute Gasteiger partial charge is 0.322 e. The number of benzene rings is 2. The number of para-hydroxylation sites is 1. The van der Waals surface area contributed by atoms with Crippen molar-refractivity contribution >= 4 is 37.5 Å². The maximum atomic E-state index is 12.7. The number of halogens is 1. The van der Waals surface area contributed by atoms with E-state index in [-0.39, 0.29) is 16.4 Å². The molecule has 128 valence electrons. The van der Waals surface area contributed by atoms with Gasteiger partial charge in [-0.1, -0.05) is 32.0 Å². The van der Waals surface area contributed by atoms with Crippen LogP contribution in [-0.2, 0) is 10.0 Å². The van der Waals surface area contributed by atoms with E-state index in [1.807, 2.05) is 18.2 Å². The molecular formula is C17H19BrN2O3S. The van der Waals surface area contributed by atoms with E-state index >= 15 is 0 Å². The Bertz CT molecular complexity index is 819. The fourth-order valence-electron chi connectivity index (χ4n) is 2.27. The Morgan fingerprint density at radius 3 is 2.29 bits per heavy atom. The molecule has 0 unspecified atom stereocenters. The lowest BCUT2D eigenvalue weighted by molar-refractivity contribution is 0.102. The minimum atomic E-state index is -3.65. The maximum absolute atomic E-state index is 12.7. The van der Waals surface area contributed by atoms with Crippen molar-refractivity contribution < 1.29 is 13.2 Å². The van der Waals surface area contributed by atoms with Gasteiger partial charge in [-0.3, -0.25) is 4.79 Å². The van der Waals surface area contributed by atoms with Crippen LogP contribution in [0.25, 0.3) is 0 Å². The van der Waals surface area contributed by atoms with Crippen LogP contribution in [0.2, 0.25) is 0 Å². The number of nitrogens with one attached hydrogen (secondary N) is 1. The second-order valence-corrected chi connectivity index (χ2v) is 7.82. The summed E-state index contributed by atoms with van der Waals surface area (Å²) >= 11 is 3.27. The first-order valence-electron chi connectivity index (χ1n) is 7.56. The third-order valence-corrected chi connectivity index (χ3v) is 6.59. The third kappa shape index (κ3) is 4.03. The minimum Gasteiger partial charge on any atom is -0.322 e. The number of anilines is 1. The number of sulfonamides is 1. The van der Waals surface area contributed by atoms with Crippen molar-refractivity contribution in [2.45, 2.75) is 18.7 Å². The average Bonchev–Trinajstić information content (AvgIpc) is 2.56. The van der Waals surface area contributed by atoms with Gasteiger partial charge in [0.2, 0.25) is 10.0 Å². The lowest BCUT2D eigenvalue weighted by atomic mass is 10.2. The number of carbonyl (C=O) groups excluding carboxylic acids is 1. The lowest BCUT2D eigenvalue weighted by Gasteiger charge is -2.19. The highest BCUT2D eigenvalue weighted by molar-refractivity contribution is 9.10. The first-order chi connectivity index (χ1) is 11.4. The van der Waals surface area contributed by atoms with Crippen LogP contribution in [0.15, 0.2) is 57.9 Å². The molecule has 0 heterocycles. The zero-order chi connectivity index (χ0) is 17.7. The standard InChI is InChI=1S/C17H19BrN2O3S/c1-3-20(4-2)24(22,23)16-12-13(10-11-15(16)18)17(21)19-14-8-6-5-7-9-14/h5-12H,3-4H2,1-2H3,(H,19,21). The fourth-order valence-corrected chi connectivity index (χ4v) is 4.68. The summed E-state index contributed by atoms with van der Waals surface area (Å²) in [5.41, 5.74) is 0.936. The molecular weight excluding hydrogens is 392 g/mol. The molecule has 0 bridgehead atoms. The van der Waals surface area contributed by atoms with Crippen molar-refractivity contribution in [3.8, 4) is 0 Å². The number of carbonyl (C=O) groups is 1. The first kappa shape index (κ1) is 18.6. The minimum absolute atomic E-state index is 0.0897. The highest BCUT2D eigenvalue weighted by Gasteiger charge is 2.25. The summed E-state index contributed by atoms with van der Waals surface area (Å²) in [5.74, 6) is -0.357. The van der Waals surface area contributed by atoms with E-state index in [0.717, 1.165) is 0 Å². The van der Waals surface area contributed by atoms with Crippen molar-refractivity contribution in [3.63, 3.8) is 0 Å². The number of nitrogens with zero attached hydrogens (tertiary/aromatic N) is 1. The smallest absolute Gasteiger partial charge is 0.255 e. The summed E-state index contributed by atoms with van der Waals surface area (Å²) in [4.78, 5) is 12.5. The van der Waals surface area contributed by atoms with Crippen LogP contribution in [0.4, 0.5) is 5.69 Å². The van der Waals surface area contributed by atoms with E-state index in [1.165, 1.54) is 10.4 Å². The van der Waals surface area contributed by atoms with Crippen LogP contribution >= 0.6 is 15.9 Å². The van der Waals surface area contributed by atoms with Crippen LogP contribution in [0, 0.1) is 0 Å². The van der Waals surface area contributed by atoms with E-state index in [9.17, 15) is 13.2 Å². The first-order valence-corrected chi connectivity index (χ1v) is 9.79. The third-order valence-electron chi connectivity index (χ3n) is 3.55. The highest BCUT2D eigenvalue weighted by Crippen LogP contribution is 2.26. The lowest BCUT2D eigenvalue weighted by Crippen LogP contribution is -2.31. The molecule has 7 heteroatoms. The van der Waals surface area contributed by atoms with Gasteiger partial charge in [-0.25, -0.2) is 8.42 Å². The maximum Gasteiger partial charge on any atom is 0.255 e. The number of hydrogen-bond donors (Lipinski definition) is 1. The molecule has 5 nitrogen and oxygen atoms in total. The predicted octanol–water partition coefficient (Wildman–Crippen LogP) is 3.73. The second-order valence-electron chi connectivity index (χ2n) is 5.05. The fraction of sp³-hybridized carbons (Fsp3) is 0.235. The topological polar surface area (TPSA) is 66.5 Å². The molecule has 2 rings (SSSR count). The summed E-state index contributed by atoms with van der Waals surface area (Å²) in [7, 11) is -3.65. The summed E-state index contributed by atoms with van der Waals surface area (Å²) in [6.45, 7) is 4.29.